The van der Waals surface area contributed by atoms with Crippen LogP contribution in [0.4, 0.5) is 5.00 Å². The molecule has 1 unspecified atom stereocenters. The van der Waals surface area contributed by atoms with Crippen LogP contribution in [0.5, 0.6) is 0 Å². The molecule has 1 N–H and O–H groups in total. The Bertz CT molecular complexity index is 1180. The second kappa shape index (κ2) is 9.44. The summed E-state index contributed by atoms with van der Waals surface area (Å²) >= 11 is 1.39. The number of aryl methyl sites for hydroxylation is 1. The highest BCUT2D eigenvalue weighted by atomic mass is 32.1. The maximum absolute atomic E-state index is 12.8. The number of carbonyl (C=O) groups excluding carboxylic acids is 3. The van der Waals surface area contributed by atoms with E-state index in [1.165, 1.54) is 37.8 Å². The Morgan fingerprint density at radius 2 is 1.84 bits per heavy atom. The van der Waals surface area contributed by atoms with Crippen LogP contribution in [-0.2, 0) is 27.1 Å². The van der Waals surface area contributed by atoms with Crippen LogP contribution in [-0.4, -0.2) is 41.0 Å². The molecule has 0 spiro atoms. The molecule has 2 aromatic heterocycles. The lowest BCUT2D eigenvalue weighted by Crippen LogP contribution is -2.30. The molecule has 2 heterocycles. The minimum Gasteiger partial charge on any atom is -0.465 e. The van der Waals surface area contributed by atoms with Crippen LogP contribution in [0.25, 0.3) is 11.0 Å². The third kappa shape index (κ3) is 4.34. The van der Waals surface area contributed by atoms with Gasteiger partial charge in [0.1, 0.15) is 10.5 Å². The quantitative estimate of drug-likeness (QED) is 0.461. The number of ether oxygens (including phenoxy) is 2. The van der Waals surface area contributed by atoms with Crippen LogP contribution in [0.15, 0.2) is 30.6 Å². The van der Waals surface area contributed by atoms with Crippen molar-refractivity contribution in [3.05, 3.63) is 52.2 Å². The number of anilines is 1. The average molecular weight is 454 g/mol. The molecule has 166 valence electrons. The first-order valence-corrected chi connectivity index (χ1v) is 11.3. The molecular weight excluding hydrogens is 430 g/mol. The fourth-order valence-corrected chi connectivity index (χ4v) is 5.08. The van der Waals surface area contributed by atoms with E-state index in [-0.39, 0.29) is 5.56 Å². The summed E-state index contributed by atoms with van der Waals surface area (Å²) in [5.41, 5.74) is 2.55. The Kier molecular flexibility index (Phi) is 6.45. The number of hydrogen-bond acceptors (Lipinski definition) is 8. The van der Waals surface area contributed by atoms with Crippen molar-refractivity contribution >= 4 is 45.2 Å². The van der Waals surface area contributed by atoms with Gasteiger partial charge in [-0.3, -0.25) is 14.8 Å². The van der Waals surface area contributed by atoms with Crippen molar-refractivity contribution in [2.24, 2.45) is 0 Å². The summed E-state index contributed by atoms with van der Waals surface area (Å²) in [6.45, 7) is 1.49. The highest BCUT2D eigenvalue weighted by molar-refractivity contribution is 7.17. The first kappa shape index (κ1) is 21.9. The molecule has 0 saturated heterocycles. The minimum atomic E-state index is -1.08. The first-order valence-electron chi connectivity index (χ1n) is 10.4. The zero-order chi connectivity index (χ0) is 22.7. The number of thiophene rings is 1. The number of benzene rings is 1. The van der Waals surface area contributed by atoms with E-state index in [0.717, 1.165) is 42.5 Å². The van der Waals surface area contributed by atoms with Crippen LogP contribution < -0.4 is 5.32 Å². The van der Waals surface area contributed by atoms with Crippen molar-refractivity contribution in [3.8, 4) is 0 Å². The zero-order valence-electron chi connectivity index (χ0n) is 17.8. The number of hydrogen-bond donors (Lipinski definition) is 1. The second-order valence-electron chi connectivity index (χ2n) is 7.53. The zero-order valence-corrected chi connectivity index (χ0v) is 18.7. The molecule has 4 rings (SSSR count). The van der Waals surface area contributed by atoms with E-state index in [0.29, 0.717) is 21.6 Å². The molecule has 1 aliphatic rings. The van der Waals surface area contributed by atoms with Gasteiger partial charge in [-0.2, -0.15) is 0 Å². The van der Waals surface area contributed by atoms with Gasteiger partial charge in [-0.25, -0.2) is 9.59 Å². The smallest absolute Gasteiger partial charge is 0.341 e. The van der Waals surface area contributed by atoms with E-state index in [4.69, 9.17) is 9.47 Å². The summed E-state index contributed by atoms with van der Waals surface area (Å²) < 4.78 is 10.4. The van der Waals surface area contributed by atoms with E-state index in [2.05, 4.69) is 15.3 Å². The number of fused-ring (bicyclic) bond motifs is 2. The van der Waals surface area contributed by atoms with Crippen molar-refractivity contribution in [2.45, 2.75) is 45.1 Å². The van der Waals surface area contributed by atoms with Gasteiger partial charge in [0.2, 0.25) is 0 Å². The number of carbonyl (C=O) groups is 3. The topological polar surface area (TPSA) is 107 Å². The summed E-state index contributed by atoms with van der Waals surface area (Å²) in [6, 6.07) is 5.00. The number of amides is 1. The van der Waals surface area contributed by atoms with Crippen LogP contribution in [0.3, 0.4) is 0 Å². The molecule has 1 aromatic carbocycles. The molecule has 1 atom stereocenters. The molecule has 1 amide bonds. The van der Waals surface area contributed by atoms with Gasteiger partial charge in [0, 0.05) is 17.3 Å². The molecule has 0 aliphatic heterocycles. The van der Waals surface area contributed by atoms with E-state index in [9.17, 15) is 14.4 Å². The number of esters is 2. The summed E-state index contributed by atoms with van der Waals surface area (Å²) in [5.74, 6) is -1.67. The third-order valence-corrected chi connectivity index (χ3v) is 6.63. The highest BCUT2D eigenvalue weighted by Crippen LogP contribution is 2.38. The number of aromatic nitrogens is 2. The molecule has 0 fully saturated rings. The fraction of sp³-hybridized carbons (Fsp3) is 0.348. The average Bonchev–Trinajstić information content (AvgIpc) is 2.97. The van der Waals surface area contributed by atoms with Crippen LogP contribution in [0.1, 0.15) is 57.3 Å². The molecule has 1 aliphatic carbocycles. The van der Waals surface area contributed by atoms with Gasteiger partial charge >= 0.3 is 11.9 Å². The molecule has 32 heavy (non-hydrogen) atoms. The lowest BCUT2D eigenvalue weighted by atomic mass is 10.1. The lowest BCUT2D eigenvalue weighted by Gasteiger charge is -2.14. The van der Waals surface area contributed by atoms with Gasteiger partial charge in [0.05, 0.1) is 23.8 Å². The molecular formula is C23H23N3O5S. The number of para-hydroxylation sites is 1. The number of methoxy groups -OCH3 is 1. The van der Waals surface area contributed by atoms with Gasteiger partial charge in [-0.15, -0.1) is 11.3 Å². The van der Waals surface area contributed by atoms with Gasteiger partial charge < -0.3 is 14.8 Å². The molecule has 0 saturated carbocycles. The number of rotatable bonds is 5. The lowest BCUT2D eigenvalue weighted by molar-refractivity contribution is -0.123. The maximum Gasteiger partial charge on any atom is 0.341 e. The van der Waals surface area contributed by atoms with Gasteiger partial charge in [-0.05, 0) is 50.3 Å². The van der Waals surface area contributed by atoms with Crippen molar-refractivity contribution in [1.29, 1.82) is 0 Å². The van der Waals surface area contributed by atoms with Gasteiger partial charge in [-0.1, -0.05) is 12.5 Å². The molecule has 8 nitrogen and oxygen atoms in total. The Morgan fingerprint density at radius 1 is 1.06 bits per heavy atom. The third-order valence-electron chi connectivity index (χ3n) is 5.42. The van der Waals surface area contributed by atoms with E-state index < -0.39 is 23.9 Å². The minimum absolute atomic E-state index is 0.230. The van der Waals surface area contributed by atoms with Crippen LogP contribution >= 0.6 is 11.3 Å². The van der Waals surface area contributed by atoms with Crippen molar-refractivity contribution in [1.82, 2.24) is 9.97 Å². The highest BCUT2D eigenvalue weighted by Gasteiger charge is 2.28. The largest absolute Gasteiger partial charge is 0.465 e. The van der Waals surface area contributed by atoms with Crippen LogP contribution in [0.2, 0.25) is 0 Å². The second-order valence-corrected chi connectivity index (χ2v) is 8.63. The summed E-state index contributed by atoms with van der Waals surface area (Å²) in [6.07, 6.45) is 6.73. The van der Waals surface area contributed by atoms with E-state index in [1.54, 1.807) is 18.2 Å². The summed E-state index contributed by atoms with van der Waals surface area (Å²) in [4.78, 5) is 47.4. The van der Waals surface area contributed by atoms with Crippen molar-refractivity contribution in [3.63, 3.8) is 0 Å². The molecule has 0 bridgehead atoms. The van der Waals surface area contributed by atoms with Gasteiger partial charge in [0.15, 0.2) is 6.10 Å². The standard InChI is InChI=1S/C23H23N3O5S/c1-13(31-22(28)15-8-6-9-16-19(15)25-12-11-24-16)20(27)26-21-18(23(29)30-2)14-7-4-3-5-10-17(14)32-21/h6,8-9,11-13H,3-5,7,10H2,1-2H3,(H,26,27). The van der Waals surface area contributed by atoms with Gasteiger partial charge in [0.25, 0.3) is 5.91 Å². The number of nitrogens with one attached hydrogen (secondary N) is 1. The Labute approximate surface area is 189 Å². The monoisotopic (exact) mass is 453 g/mol. The van der Waals surface area contributed by atoms with Crippen molar-refractivity contribution in [2.75, 3.05) is 12.4 Å². The molecule has 0 radical (unpaired) electrons. The van der Waals surface area contributed by atoms with E-state index >= 15 is 0 Å². The Hall–Kier alpha value is -3.33. The van der Waals surface area contributed by atoms with Crippen molar-refractivity contribution < 1.29 is 23.9 Å². The maximum atomic E-state index is 12.8. The fourth-order valence-electron chi connectivity index (χ4n) is 3.80. The Balaban J connectivity index is 1.53. The first-order chi connectivity index (χ1) is 15.5. The summed E-state index contributed by atoms with van der Waals surface area (Å²) in [7, 11) is 1.33. The molecule has 3 aromatic rings. The van der Waals surface area contributed by atoms with E-state index in [1.807, 2.05) is 0 Å². The SMILES string of the molecule is COC(=O)c1c(NC(=O)C(C)OC(=O)c2cccc3nccnc23)sc2c1CCCCC2. The molecule has 9 heteroatoms. The normalized spacial score (nSPS) is 14.2. The Morgan fingerprint density at radius 3 is 2.66 bits per heavy atom. The van der Waals surface area contributed by atoms with Crippen LogP contribution in [0, 0.1) is 0 Å². The predicted molar refractivity (Wildman–Crippen MR) is 120 cm³/mol. The number of nitrogens with zero attached hydrogens (tertiary/aromatic N) is 2. The predicted octanol–water partition coefficient (Wildman–Crippen LogP) is 3.93. The summed E-state index contributed by atoms with van der Waals surface area (Å²) in [5, 5.41) is 3.21.